The van der Waals surface area contributed by atoms with E-state index in [-0.39, 0.29) is 18.9 Å². The van der Waals surface area contributed by atoms with Gasteiger partial charge >= 0.3 is 12.1 Å². The minimum Gasteiger partial charge on any atom is -0.463 e. The van der Waals surface area contributed by atoms with Crippen molar-refractivity contribution in [3.8, 4) is 0 Å². The fourth-order valence-electron chi connectivity index (χ4n) is 3.20. The number of esters is 1. The minimum absolute atomic E-state index is 0.0274. The van der Waals surface area contributed by atoms with Crippen molar-refractivity contribution in [2.45, 2.75) is 71.6 Å². The molecule has 160 valence electrons. The molecule has 1 amide bonds. The van der Waals surface area contributed by atoms with Gasteiger partial charge in [0, 0.05) is 12.8 Å². The van der Waals surface area contributed by atoms with Crippen LogP contribution in [0.5, 0.6) is 0 Å². The van der Waals surface area contributed by atoms with E-state index in [0.29, 0.717) is 12.1 Å². The summed E-state index contributed by atoms with van der Waals surface area (Å²) in [7, 11) is 0. The maximum absolute atomic E-state index is 12.8. The maximum Gasteiger partial charge on any atom is 0.408 e. The van der Waals surface area contributed by atoms with Gasteiger partial charge in [-0.2, -0.15) is 0 Å². The number of nitrogens with one attached hydrogen (secondary N) is 1. The molecule has 1 aromatic carbocycles. The van der Waals surface area contributed by atoms with Crippen LogP contribution in [0, 0.1) is 5.92 Å². The van der Waals surface area contributed by atoms with E-state index in [9.17, 15) is 9.59 Å². The second-order valence-electron chi connectivity index (χ2n) is 8.60. The summed E-state index contributed by atoms with van der Waals surface area (Å²) in [4.78, 5) is 30.8. The number of ether oxygens (including phenoxy) is 2. The van der Waals surface area contributed by atoms with Gasteiger partial charge in [0.15, 0.2) is 0 Å². The highest BCUT2D eigenvalue weighted by Crippen LogP contribution is 2.32. The van der Waals surface area contributed by atoms with Crippen molar-refractivity contribution in [2.24, 2.45) is 11.1 Å². The lowest BCUT2D eigenvalue weighted by Crippen LogP contribution is -2.49. The highest BCUT2D eigenvalue weighted by molar-refractivity contribution is 5.98. The summed E-state index contributed by atoms with van der Waals surface area (Å²) in [5.41, 5.74) is -0.315. The van der Waals surface area contributed by atoms with Crippen LogP contribution >= 0.6 is 0 Å². The smallest absolute Gasteiger partial charge is 0.408 e. The molecular formula is C22H32N2O5. The number of oxime groups is 1. The molecule has 1 aromatic rings. The van der Waals surface area contributed by atoms with E-state index in [1.807, 2.05) is 44.2 Å². The standard InChI is InChI=1S/C22H32N2O5/c1-7-27-19(25)22(13-16-11-9-8-10-12-16)14-17(24-29-22)18(15(2)3)23-20(26)28-21(4,5)6/h8-12,15,18H,7,13-14H2,1-6H3,(H,23,26)/t18-,22?/m0/s1. The Morgan fingerprint density at radius 2 is 1.90 bits per heavy atom. The summed E-state index contributed by atoms with van der Waals surface area (Å²) < 4.78 is 10.7. The second-order valence-corrected chi connectivity index (χ2v) is 8.60. The molecule has 0 aliphatic carbocycles. The zero-order chi connectivity index (χ0) is 21.7. The number of benzene rings is 1. The molecule has 1 heterocycles. The Morgan fingerprint density at radius 1 is 1.24 bits per heavy atom. The van der Waals surface area contributed by atoms with E-state index < -0.39 is 29.3 Å². The van der Waals surface area contributed by atoms with E-state index in [1.165, 1.54) is 0 Å². The van der Waals surface area contributed by atoms with Gasteiger partial charge in [-0.3, -0.25) is 0 Å². The first-order valence-corrected chi connectivity index (χ1v) is 10.0. The summed E-state index contributed by atoms with van der Waals surface area (Å²) in [5, 5.41) is 7.07. The molecule has 7 nitrogen and oxygen atoms in total. The largest absolute Gasteiger partial charge is 0.463 e. The van der Waals surface area contributed by atoms with E-state index in [1.54, 1.807) is 27.7 Å². The van der Waals surface area contributed by atoms with Crippen LogP contribution in [-0.2, 0) is 25.5 Å². The highest BCUT2D eigenvalue weighted by atomic mass is 16.7. The molecule has 0 radical (unpaired) electrons. The molecule has 0 bridgehead atoms. The summed E-state index contributed by atoms with van der Waals surface area (Å²) in [6, 6.07) is 9.18. The molecule has 0 aromatic heterocycles. The van der Waals surface area contributed by atoms with Crippen molar-refractivity contribution in [3.05, 3.63) is 35.9 Å². The number of carbonyl (C=O) groups excluding carboxylic acids is 2. The lowest BCUT2D eigenvalue weighted by molar-refractivity contribution is -0.168. The average Bonchev–Trinajstić information content (AvgIpc) is 3.04. The van der Waals surface area contributed by atoms with E-state index in [4.69, 9.17) is 14.3 Å². The monoisotopic (exact) mass is 404 g/mol. The lowest BCUT2D eigenvalue weighted by atomic mass is 9.86. The van der Waals surface area contributed by atoms with Gasteiger partial charge in [0.1, 0.15) is 5.60 Å². The summed E-state index contributed by atoms with van der Waals surface area (Å²) in [6.45, 7) is 11.3. The normalized spacial score (nSPS) is 19.9. The van der Waals surface area contributed by atoms with Gasteiger partial charge in [-0.15, -0.1) is 0 Å². The van der Waals surface area contributed by atoms with Gasteiger partial charge < -0.3 is 19.6 Å². The molecule has 29 heavy (non-hydrogen) atoms. The highest BCUT2D eigenvalue weighted by Gasteiger charge is 2.50. The molecule has 1 aliphatic rings. The van der Waals surface area contributed by atoms with Crippen molar-refractivity contribution in [1.82, 2.24) is 5.32 Å². The van der Waals surface area contributed by atoms with Crippen LogP contribution in [-0.4, -0.2) is 41.6 Å². The zero-order valence-corrected chi connectivity index (χ0v) is 18.2. The number of hydrogen-bond acceptors (Lipinski definition) is 6. The first-order valence-electron chi connectivity index (χ1n) is 10.0. The third-order valence-corrected chi connectivity index (χ3v) is 4.48. The first-order chi connectivity index (χ1) is 13.6. The summed E-state index contributed by atoms with van der Waals surface area (Å²) in [6.07, 6.45) is 0.0339. The molecule has 0 spiro atoms. The maximum atomic E-state index is 12.8. The number of carbonyl (C=O) groups is 2. The lowest BCUT2D eigenvalue weighted by Gasteiger charge is -2.27. The summed E-state index contributed by atoms with van der Waals surface area (Å²) >= 11 is 0. The Labute approximate surface area is 172 Å². The van der Waals surface area contributed by atoms with Gasteiger partial charge in [-0.25, -0.2) is 9.59 Å². The second kappa shape index (κ2) is 9.29. The predicted octanol–water partition coefficient (Wildman–Crippen LogP) is 3.86. The van der Waals surface area contributed by atoms with Crippen molar-refractivity contribution in [2.75, 3.05) is 6.61 Å². The van der Waals surface area contributed by atoms with Crippen LogP contribution in [0.3, 0.4) is 0 Å². The molecule has 0 fully saturated rings. The molecule has 0 saturated carbocycles. The molecule has 0 saturated heterocycles. The van der Waals surface area contributed by atoms with E-state index >= 15 is 0 Å². The van der Waals surface area contributed by atoms with Gasteiger partial charge in [-0.05, 0) is 39.2 Å². The van der Waals surface area contributed by atoms with Gasteiger partial charge in [0.2, 0.25) is 5.60 Å². The van der Waals surface area contributed by atoms with E-state index in [2.05, 4.69) is 10.5 Å². The van der Waals surface area contributed by atoms with Gasteiger partial charge in [0.05, 0.1) is 18.4 Å². The van der Waals surface area contributed by atoms with Crippen molar-refractivity contribution in [1.29, 1.82) is 0 Å². The number of hydrogen-bond donors (Lipinski definition) is 1. The van der Waals surface area contributed by atoms with Crippen LogP contribution in [0.25, 0.3) is 0 Å². The number of amides is 1. The quantitative estimate of drug-likeness (QED) is 0.698. The molecular weight excluding hydrogens is 372 g/mol. The predicted molar refractivity (Wildman–Crippen MR) is 111 cm³/mol. The first kappa shape index (κ1) is 22.7. The molecule has 2 rings (SSSR count). The fraction of sp³-hybridized carbons (Fsp3) is 0.591. The molecule has 1 N–H and O–H groups in total. The molecule has 7 heteroatoms. The molecule has 2 atom stereocenters. The average molecular weight is 405 g/mol. The van der Waals surface area contributed by atoms with Crippen LogP contribution in [0.2, 0.25) is 0 Å². The van der Waals surface area contributed by atoms with E-state index in [0.717, 1.165) is 5.56 Å². The van der Waals surface area contributed by atoms with Crippen LogP contribution < -0.4 is 5.32 Å². The Balaban J connectivity index is 2.20. The topological polar surface area (TPSA) is 86.2 Å². The molecule has 1 unspecified atom stereocenters. The third kappa shape index (κ3) is 6.21. The Bertz CT molecular complexity index is 739. The SMILES string of the molecule is CCOC(=O)C1(Cc2ccccc2)CC([C@@H](NC(=O)OC(C)(C)C)C(C)C)=NO1. The zero-order valence-electron chi connectivity index (χ0n) is 18.2. The van der Waals surface area contributed by atoms with Crippen molar-refractivity contribution in [3.63, 3.8) is 0 Å². The van der Waals surface area contributed by atoms with Crippen LogP contribution in [0.15, 0.2) is 35.5 Å². The van der Waals surface area contributed by atoms with Crippen molar-refractivity contribution < 1.29 is 23.9 Å². The van der Waals surface area contributed by atoms with Crippen LogP contribution in [0.1, 0.15) is 53.5 Å². The van der Waals surface area contributed by atoms with Gasteiger partial charge in [0.25, 0.3) is 0 Å². The third-order valence-electron chi connectivity index (χ3n) is 4.48. The molecule has 1 aliphatic heterocycles. The Hall–Kier alpha value is -2.57. The minimum atomic E-state index is -1.24. The fourth-order valence-corrected chi connectivity index (χ4v) is 3.20. The number of nitrogens with zero attached hydrogens (tertiary/aromatic N) is 1. The van der Waals surface area contributed by atoms with Crippen molar-refractivity contribution >= 4 is 17.8 Å². The Kier molecular flexibility index (Phi) is 7.27. The number of alkyl carbamates (subject to hydrolysis) is 1. The van der Waals surface area contributed by atoms with Crippen LogP contribution in [0.4, 0.5) is 4.79 Å². The summed E-state index contributed by atoms with van der Waals surface area (Å²) in [5.74, 6) is -0.429. The Morgan fingerprint density at radius 3 is 2.45 bits per heavy atom. The number of rotatable bonds is 7. The van der Waals surface area contributed by atoms with Gasteiger partial charge in [-0.1, -0.05) is 49.3 Å².